The molecule has 0 radical (unpaired) electrons. The maximum atomic E-state index is 8.24. The van der Waals surface area contributed by atoms with Crippen molar-refractivity contribution in [1.82, 2.24) is 0 Å². The highest BCUT2D eigenvalue weighted by Crippen LogP contribution is 2.25. The molecule has 0 aliphatic carbocycles. The number of hydrogen-bond donors (Lipinski definition) is 2. The third-order valence-electron chi connectivity index (χ3n) is 1.87. The number of benzene rings is 1. The smallest absolute Gasteiger partial charge is 0.0398 e. The fraction of sp³-hybridized carbons (Fsp3) is 0.250. The molecule has 4 nitrogen and oxygen atoms in total. The predicted octanol–water partition coefficient (Wildman–Crippen LogP) is 2.95. The Labute approximate surface area is 81.8 Å². The fourth-order valence-corrected chi connectivity index (χ4v) is 1.38. The minimum absolute atomic E-state index is 0.537. The first-order valence-corrected chi connectivity index (χ1v) is 4.37. The Bertz CT molecular complexity index is 369. The zero-order valence-electron chi connectivity index (χ0n) is 7.23. The number of anilines is 1. The molecule has 0 aliphatic rings. The van der Waals surface area contributed by atoms with Gasteiger partial charge in [-0.25, -0.2) is 0 Å². The van der Waals surface area contributed by atoms with Crippen molar-refractivity contribution in [2.24, 2.45) is 5.11 Å². The molecule has 1 rings (SSSR count). The predicted molar refractivity (Wildman–Crippen MR) is 57.1 cm³/mol. The maximum absolute atomic E-state index is 8.24. The second-order valence-electron chi connectivity index (χ2n) is 2.67. The Balaban J connectivity index is 3.29. The lowest BCUT2D eigenvalue weighted by atomic mass is 10.1. The van der Waals surface area contributed by atoms with Crippen LogP contribution < -0.4 is 5.73 Å². The van der Waals surface area contributed by atoms with Crippen LogP contribution in [0.3, 0.4) is 0 Å². The molecule has 0 unspecified atom stereocenters. The lowest BCUT2D eigenvalue weighted by Gasteiger charge is -2.06. The van der Waals surface area contributed by atoms with Gasteiger partial charge in [0.15, 0.2) is 0 Å². The summed E-state index contributed by atoms with van der Waals surface area (Å²) in [4.78, 5) is 2.70. The molecule has 0 spiro atoms. The summed E-state index contributed by atoms with van der Waals surface area (Å²) in [5.74, 6) is 0.588. The molecule has 0 atom stereocenters. The first-order valence-electron chi connectivity index (χ1n) is 3.74. The average molecular weight is 194 g/mol. The quantitative estimate of drug-likeness (QED) is 0.245. The molecule has 1 aromatic carbocycles. The first kappa shape index (κ1) is 9.77. The van der Waals surface area contributed by atoms with Gasteiger partial charge in [-0.1, -0.05) is 5.11 Å². The van der Waals surface area contributed by atoms with Crippen LogP contribution in [-0.2, 0) is 5.75 Å². The van der Waals surface area contributed by atoms with Gasteiger partial charge in [0.05, 0.1) is 0 Å². The summed E-state index contributed by atoms with van der Waals surface area (Å²) in [6, 6.07) is 3.44. The maximum Gasteiger partial charge on any atom is 0.0398 e. The van der Waals surface area contributed by atoms with E-state index < -0.39 is 0 Å². The van der Waals surface area contributed by atoms with E-state index in [1.165, 1.54) is 0 Å². The highest BCUT2D eigenvalue weighted by atomic mass is 32.1. The van der Waals surface area contributed by atoms with Gasteiger partial charge in [-0.05, 0) is 35.7 Å². The number of nitrogens with zero attached hydrogens (tertiary/aromatic N) is 3. The van der Waals surface area contributed by atoms with Gasteiger partial charge in [0.25, 0.3) is 0 Å². The van der Waals surface area contributed by atoms with Crippen LogP contribution in [0.4, 0.5) is 11.4 Å². The van der Waals surface area contributed by atoms with E-state index >= 15 is 0 Å². The molecule has 68 valence electrons. The van der Waals surface area contributed by atoms with Gasteiger partial charge < -0.3 is 5.73 Å². The molecular weight excluding hydrogens is 184 g/mol. The van der Waals surface area contributed by atoms with Crippen molar-refractivity contribution in [2.45, 2.75) is 12.7 Å². The zero-order valence-corrected chi connectivity index (χ0v) is 8.12. The minimum atomic E-state index is 0.537. The normalized spacial score (nSPS) is 9.38. The zero-order chi connectivity index (χ0) is 9.84. The third-order valence-corrected chi connectivity index (χ3v) is 2.21. The van der Waals surface area contributed by atoms with E-state index in [0.717, 1.165) is 11.1 Å². The van der Waals surface area contributed by atoms with E-state index in [0.29, 0.717) is 17.1 Å². The average Bonchev–Trinajstić information content (AvgIpc) is 2.11. The number of hydrogen-bond acceptors (Lipinski definition) is 3. The van der Waals surface area contributed by atoms with Crippen LogP contribution in [0.5, 0.6) is 0 Å². The highest BCUT2D eigenvalue weighted by molar-refractivity contribution is 7.79. The summed E-state index contributed by atoms with van der Waals surface area (Å²) in [6.07, 6.45) is 0. The van der Waals surface area contributed by atoms with Crippen LogP contribution >= 0.6 is 12.6 Å². The van der Waals surface area contributed by atoms with Crippen molar-refractivity contribution < 1.29 is 0 Å². The van der Waals surface area contributed by atoms with Crippen LogP contribution in [0.15, 0.2) is 17.2 Å². The van der Waals surface area contributed by atoms with E-state index in [4.69, 9.17) is 11.3 Å². The molecule has 13 heavy (non-hydrogen) atoms. The van der Waals surface area contributed by atoms with Crippen molar-refractivity contribution in [2.75, 3.05) is 5.73 Å². The van der Waals surface area contributed by atoms with Gasteiger partial charge in [-0.15, -0.1) is 0 Å². The Morgan fingerprint density at radius 3 is 2.85 bits per heavy atom. The number of nitrogen functional groups attached to an aromatic ring is 1. The molecule has 5 heteroatoms. The van der Waals surface area contributed by atoms with Crippen molar-refractivity contribution in [3.63, 3.8) is 0 Å². The fourth-order valence-electron chi connectivity index (χ4n) is 1.06. The molecular formula is C8H10N4S. The molecule has 0 aliphatic heterocycles. The summed E-state index contributed by atoms with van der Waals surface area (Å²) in [6.45, 7) is 1.92. The molecule has 0 saturated heterocycles. The number of thiol groups is 1. The van der Waals surface area contributed by atoms with Gasteiger partial charge in [0, 0.05) is 22.0 Å². The summed E-state index contributed by atoms with van der Waals surface area (Å²) in [5.41, 5.74) is 17.1. The SMILES string of the molecule is Cc1c(N)cc(N=[N+]=[N-])cc1CS. The van der Waals surface area contributed by atoms with Gasteiger partial charge in [0.2, 0.25) is 0 Å². The molecule has 0 amide bonds. The van der Waals surface area contributed by atoms with Crippen LogP contribution in [-0.4, -0.2) is 0 Å². The van der Waals surface area contributed by atoms with Crippen LogP contribution in [0.2, 0.25) is 0 Å². The van der Waals surface area contributed by atoms with Crippen molar-refractivity contribution in [3.8, 4) is 0 Å². The van der Waals surface area contributed by atoms with Crippen LogP contribution in [0, 0.1) is 6.92 Å². The first-order chi connectivity index (χ1) is 6.19. The Hall–Kier alpha value is -1.32. The van der Waals surface area contributed by atoms with Gasteiger partial charge >= 0.3 is 0 Å². The highest BCUT2D eigenvalue weighted by Gasteiger charge is 2.02. The van der Waals surface area contributed by atoms with Crippen LogP contribution in [0.1, 0.15) is 11.1 Å². The number of rotatable bonds is 2. The van der Waals surface area contributed by atoms with Crippen molar-refractivity contribution >= 4 is 24.0 Å². The lowest BCUT2D eigenvalue weighted by molar-refractivity contribution is 1.30. The van der Waals surface area contributed by atoms with Gasteiger partial charge in [0.1, 0.15) is 0 Å². The largest absolute Gasteiger partial charge is 0.398 e. The van der Waals surface area contributed by atoms with Crippen LogP contribution in [0.25, 0.3) is 10.4 Å². The lowest BCUT2D eigenvalue weighted by Crippen LogP contribution is -1.93. The number of azide groups is 1. The Morgan fingerprint density at radius 1 is 1.62 bits per heavy atom. The van der Waals surface area contributed by atoms with E-state index in [2.05, 4.69) is 22.7 Å². The summed E-state index contributed by atoms with van der Waals surface area (Å²) in [7, 11) is 0. The molecule has 2 N–H and O–H groups in total. The van der Waals surface area contributed by atoms with Crippen molar-refractivity contribution in [3.05, 3.63) is 33.7 Å². The summed E-state index contributed by atoms with van der Waals surface area (Å²) >= 11 is 4.15. The van der Waals surface area contributed by atoms with E-state index in [1.807, 2.05) is 6.92 Å². The monoisotopic (exact) mass is 194 g/mol. The molecule has 0 saturated carbocycles. The summed E-state index contributed by atoms with van der Waals surface area (Å²) in [5, 5.41) is 3.48. The van der Waals surface area contributed by atoms with Gasteiger partial charge in [-0.3, -0.25) is 0 Å². The molecule has 1 aromatic rings. The van der Waals surface area contributed by atoms with E-state index in [-0.39, 0.29) is 0 Å². The minimum Gasteiger partial charge on any atom is -0.398 e. The van der Waals surface area contributed by atoms with E-state index in [9.17, 15) is 0 Å². The summed E-state index contributed by atoms with van der Waals surface area (Å²) < 4.78 is 0. The second kappa shape index (κ2) is 4.07. The van der Waals surface area contributed by atoms with E-state index in [1.54, 1.807) is 12.1 Å². The Kier molecular flexibility index (Phi) is 3.06. The standard InChI is InChI=1S/C8H10N4S/c1-5-6(4-13)2-7(11-12-10)3-8(5)9/h2-3,13H,4,9H2,1H3. The molecule has 0 bridgehead atoms. The van der Waals surface area contributed by atoms with Crippen molar-refractivity contribution in [1.29, 1.82) is 0 Å². The third kappa shape index (κ3) is 2.08. The second-order valence-corrected chi connectivity index (χ2v) is 2.98. The Morgan fingerprint density at radius 2 is 2.31 bits per heavy atom. The number of nitrogens with two attached hydrogens (primary N) is 1. The molecule has 0 aromatic heterocycles. The van der Waals surface area contributed by atoms with Gasteiger partial charge in [-0.2, -0.15) is 12.6 Å². The molecule has 0 heterocycles. The molecule has 0 fully saturated rings. The topological polar surface area (TPSA) is 74.8 Å².